The van der Waals surface area contributed by atoms with E-state index in [2.05, 4.69) is 15.6 Å². The molecule has 2 aromatic rings. The summed E-state index contributed by atoms with van der Waals surface area (Å²) < 4.78 is 32.2. The number of ether oxygens (including phenoxy) is 1. The Morgan fingerprint density at radius 2 is 2.11 bits per heavy atom. The maximum absolute atomic E-state index is 13.4. The molecule has 2 aromatic carbocycles. The van der Waals surface area contributed by atoms with Crippen molar-refractivity contribution in [3.05, 3.63) is 64.7 Å². The largest absolute Gasteiger partial charge is 0.376 e. The molecule has 0 aromatic heterocycles. The van der Waals surface area contributed by atoms with Crippen LogP contribution in [0.2, 0.25) is 5.02 Å². The highest BCUT2D eigenvalue weighted by atomic mass is 35.5. The minimum absolute atomic E-state index is 0.0234. The van der Waals surface area contributed by atoms with Gasteiger partial charge >= 0.3 is 0 Å². The summed E-state index contributed by atoms with van der Waals surface area (Å²) in [6.45, 7) is 1.03. The highest BCUT2D eigenvalue weighted by molar-refractivity contribution is 6.31. The van der Waals surface area contributed by atoms with Crippen LogP contribution in [0.3, 0.4) is 0 Å². The molecule has 2 N–H and O–H groups in total. The summed E-state index contributed by atoms with van der Waals surface area (Å²) in [6.07, 6.45) is 1.83. The van der Waals surface area contributed by atoms with Gasteiger partial charge in [-0.15, -0.1) is 0 Å². The lowest BCUT2D eigenvalue weighted by Crippen LogP contribution is -2.36. The zero-order valence-electron chi connectivity index (χ0n) is 14.3. The lowest BCUT2D eigenvalue weighted by Gasteiger charge is -2.14. The van der Waals surface area contributed by atoms with Gasteiger partial charge in [-0.1, -0.05) is 17.7 Å². The van der Waals surface area contributed by atoms with Crippen molar-refractivity contribution >= 4 is 29.2 Å². The number of aliphatic imine (C=N–C) groups is 1. The lowest BCUT2D eigenvalue weighted by molar-refractivity contribution is 0.0975. The molecule has 0 bridgehead atoms. The SMILES string of the molecule is O=C(NC(=NC[C@@H]1CCCO1)Nc1ccc(F)c(Cl)c1)c1cccc(F)c1. The average Bonchev–Trinajstić information content (AvgIpc) is 3.16. The van der Waals surface area contributed by atoms with Crippen LogP contribution in [0, 0.1) is 11.6 Å². The monoisotopic (exact) mass is 393 g/mol. The number of nitrogens with one attached hydrogen (secondary N) is 2. The summed E-state index contributed by atoms with van der Waals surface area (Å²) in [5.41, 5.74) is 0.603. The van der Waals surface area contributed by atoms with Crippen LogP contribution in [-0.4, -0.2) is 31.1 Å². The molecule has 1 saturated heterocycles. The third-order valence-corrected chi connectivity index (χ3v) is 4.27. The van der Waals surface area contributed by atoms with Gasteiger partial charge in [0.25, 0.3) is 5.91 Å². The number of benzene rings is 2. The number of carbonyl (C=O) groups is 1. The zero-order chi connectivity index (χ0) is 19.2. The molecule has 142 valence electrons. The molecule has 27 heavy (non-hydrogen) atoms. The van der Waals surface area contributed by atoms with Crippen molar-refractivity contribution < 1.29 is 18.3 Å². The van der Waals surface area contributed by atoms with Gasteiger partial charge in [-0.05, 0) is 49.2 Å². The molecule has 1 heterocycles. The molecular formula is C19H18ClF2N3O2. The van der Waals surface area contributed by atoms with Crippen molar-refractivity contribution in [2.75, 3.05) is 18.5 Å². The molecule has 0 saturated carbocycles. The number of guanidine groups is 1. The quantitative estimate of drug-likeness (QED) is 0.609. The van der Waals surface area contributed by atoms with Crippen molar-refractivity contribution in [1.29, 1.82) is 0 Å². The van der Waals surface area contributed by atoms with Crippen molar-refractivity contribution in [2.24, 2.45) is 4.99 Å². The fourth-order valence-electron chi connectivity index (χ4n) is 2.61. The van der Waals surface area contributed by atoms with Crippen LogP contribution in [0.25, 0.3) is 0 Å². The Bertz CT molecular complexity index is 855. The molecule has 1 amide bonds. The first-order valence-corrected chi connectivity index (χ1v) is 8.84. The maximum Gasteiger partial charge on any atom is 0.258 e. The first-order chi connectivity index (χ1) is 13.0. The number of carbonyl (C=O) groups excluding carboxylic acids is 1. The molecule has 1 fully saturated rings. The summed E-state index contributed by atoms with van der Waals surface area (Å²) in [5, 5.41) is 5.45. The van der Waals surface area contributed by atoms with E-state index in [9.17, 15) is 13.6 Å². The van der Waals surface area contributed by atoms with Gasteiger partial charge in [-0.25, -0.2) is 13.8 Å². The van der Waals surface area contributed by atoms with E-state index in [1.165, 1.54) is 36.4 Å². The summed E-state index contributed by atoms with van der Waals surface area (Å²) in [4.78, 5) is 16.8. The molecule has 8 heteroatoms. The van der Waals surface area contributed by atoms with Gasteiger partial charge in [0, 0.05) is 17.9 Å². The van der Waals surface area contributed by atoms with E-state index in [4.69, 9.17) is 16.3 Å². The van der Waals surface area contributed by atoms with Crippen molar-refractivity contribution in [3.63, 3.8) is 0 Å². The van der Waals surface area contributed by atoms with Crippen LogP contribution in [0.4, 0.5) is 14.5 Å². The smallest absolute Gasteiger partial charge is 0.258 e. The van der Waals surface area contributed by atoms with Crippen LogP contribution in [0.5, 0.6) is 0 Å². The molecule has 0 aliphatic carbocycles. The average molecular weight is 394 g/mol. The first-order valence-electron chi connectivity index (χ1n) is 8.46. The van der Waals surface area contributed by atoms with Crippen LogP contribution in [-0.2, 0) is 4.74 Å². The Morgan fingerprint density at radius 1 is 1.26 bits per heavy atom. The van der Waals surface area contributed by atoms with Gasteiger partial charge in [0.05, 0.1) is 17.7 Å². The fraction of sp³-hybridized carbons (Fsp3) is 0.263. The van der Waals surface area contributed by atoms with Crippen molar-refractivity contribution in [2.45, 2.75) is 18.9 Å². The van der Waals surface area contributed by atoms with Gasteiger partial charge in [0.2, 0.25) is 5.96 Å². The summed E-state index contributed by atoms with van der Waals surface area (Å²) in [5.74, 6) is -1.45. The fourth-order valence-corrected chi connectivity index (χ4v) is 2.79. The topological polar surface area (TPSA) is 62.7 Å². The number of hydrogen-bond donors (Lipinski definition) is 2. The molecule has 0 unspecified atom stereocenters. The number of hydrogen-bond acceptors (Lipinski definition) is 3. The van der Waals surface area contributed by atoms with E-state index < -0.39 is 17.5 Å². The van der Waals surface area contributed by atoms with E-state index in [1.54, 1.807) is 0 Å². The second-order valence-electron chi connectivity index (χ2n) is 6.04. The number of nitrogens with zero attached hydrogens (tertiary/aromatic N) is 1. The zero-order valence-corrected chi connectivity index (χ0v) is 15.1. The number of anilines is 1. The summed E-state index contributed by atoms with van der Waals surface area (Å²) in [6, 6.07) is 9.37. The highest BCUT2D eigenvalue weighted by Gasteiger charge is 2.16. The van der Waals surface area contributed by atoms with E-state index in [-0.39, 0.29) is 22.6 Å². The predicted molar refractivity (Wildman–Crippen MR) is 100 cm³/mol. The molecule has 1 atom stereocenters. The molecule has 1 aliphatic heterocycles. The standard InChI is InChI=1S/C19H18ClF2N3O2/c20-16-10-14(6-7-17(16)22)24-19(23-11-15-5-2-8-27-15)25-18(26)12-3-1-4-13(21)9-12/h1,3-4,6-7,9-10,15H,2,5,8,11H2,(H2,23,24,25,26)/t15-/m0/s1. The van der Waals surface area contributed by atoms with E-state index >= 15 is 0 Å². The third kappa shape index (κ3) is 5.48. The van der Waals surface area contributed by atoms with Gasteiger partial charge < -0.3 is 10.1 Å². The minimum Gasteiger partial charge on any atom is -0.376 e. The van der Waals surface area contributed by atoms with E-state index in [0.29, 0.717) is 18.8 Å². The van der Waals surface area contributed by atoms with E-state index in [1.807, 2.05) is 0 Å². The van der Waals surface area contributed by atoms with Crippen molar-refractivity contribution in [1.82, 2.24) is 5.32 Å². The Kier molecular flexibility index (Phi) is 6.36. The number of amides is 1. The summed E-state index contributed by atoms with van der Waals surface area (Å²) >= 11 is 5.79. The Morgan fingerprint density at radius 3 is 2.81 bits per heavy atom. The summed E-state index contributed by atoms with van der Waals surface area (Å²) in [7, 11) is 0. The molecule has 5 nitrogen and oxygen atoms in total. The Balaban J connectivity index is 1.76. The normalized spacial score (nSPS) is 17.0. The predicted octanol–water partition coefficient (Wildman–Crippen LogP) is 4.00. The molecule has 0 spiro atoms. The van der Waals surface area contributed by atoms with Crippen LogP contribution in [0.15, 0.2) is 47.5 Å². The second-order valence-corrected chi connectivity index (χ2v) is 6.45. The molecule has 1 aliphatic rings. The highest BCUT2D eigenvalue weighted by Crippen LogP contribution is 2.19. The van der Waals surface area contributed by atoms with Crippen LogP contribution in [0.1, 0.15) is 23.2 Å². The van der Waals surface area contributed by atoms with Gasteiger partial charge in [-0.3, -0.25) is 10.1 Å². The lowest BCUT2D eigenvalue weighted by atomic mass is 10.2. The number of halogens is 3. The molecule has 0 radical (unpaired) electrons. The second kappa shape index (κ2) is 8.92. The van der Waals surface area contributed by atoms with E-state index in [0.717, 1.165) is 18.9 Å². The third-order valence-electron chi connectivity index (χ3n) is 3.98. The minimum atomic E-state index is -0.552. The molecular weight excluding hydrogens is 376 g/mol. The van der Waals surface area contributed by atoms with Gasteiger partial charge in [0.1, 0.15) is 11.6 Å². The van der Waals surface area contributed by atoms with Crippen LogP contribution < -0.4 is 10.6 Å². The van der Waals surface area contributed by atoms with Crippen molar-refractivity contribution in [3.8, 4) is 0 Å². The van der Waals surface area contributed by atoms with Gasteiger partial charge in [0.15, 0.2) is 0 Å². The Hall–Kier alpha value is -2.51. The molecule has 3 rings (SSSR count). The number of rotatable bonds is 4. The Labute approximate surface area is 160 Å². The first kappa shape index (κ1) is 19.3. The van der Waals surface area contributed by atoms with Crippen LogP contribution >= 0.6 is 11.6 Å². The maximum atomic E-state index is 13.4. The van der Waals surface area contributed by atoms with Gasteiger partial charge in [-0.2, -0.15) is 0 Å².